The van der Waals surface area contributed by atoms with E-state index in [-0.39, 0.29) is 0 Å². The maximum atomic E-state index is 6.64. The molecular weight excluding hydrogens is 715 g/mol. The van der Waals surface area contributed by atoms with Crippen molar-refractivity contribution in [3.05, 3.63) is 188 Å². The molecule has 8 aromatic carbocycles. The van der Waals surface area contributed by atoms with Crippen molar-refractivity contribution in [2.75, 3.05) is 0 Å². The van der Waals surface area contributed by atoms with Crippen LogP contribution in [0.1, 0.15) is 0 Å². The third kappa shape index (κ3) is 5.06. The van der Waals surface area contributed by atoms with Crippen LogP contribution in [0.3, 0.4) is 0 Å². The summed E-state index contributed by atoms with van der Waals surface area (Å²) in [5, 5.41) is 7.05. The molecule has 12 rings (SSSR count). The summed E-state index contributed by atoms with van der Waals surface area (Å²) in [6.07, 6.45) is 0. The summed E-state index contributed by atoms with van der Waals surface area (Å²) >= 11 is 1.85. The summed E-state index contributed by atoms with van der Waals surface area (Å²) in [6.45, 7) is 0. The number of hydrogen-bond donors (Lipinski definition) is 0. The fourth-order valence-electron chi connectivity index (χ4n) is 8.58. The Hall–Kier alpha value is -7.34. The summed E-state index contributed by atoms with van der Waals surface area (Å²) in [5.41, 5.74) is 12.3. The Labute approximate surface area is 331 Å². The number of para-hydroxylation sites is 2. The lowest BCUT2D eigenvalue weighted by atomic mass is 9.99. The number of thiophene rings is 1. The molecule has 0 spiro atoms. The molecule has 0 amide bonds. The second-order valence-corrected chi connectivity index (χ2v) is 15.6. The molecule has 266 valence electrons. The van der Waals surface area contributed by atoms with Gasteiger partial charge in [-0.2, -0.15) is 0 Å². The Kier molecular flexibility index (Phi) is 7.06. The highest BCUT2D eigenvalue weighted by atomic mass is 32.1. The lowest BCUT2D eigenvalue weighted by Crippen LogP contribution is -1.97. The second-order valence-electron chi connectivity index (χ2n) is 14.5. The monoisotopic (exact) mass is 745 g/mol. The van der Waals surface area contributed by atoms with Crippen LogP contribution in [0.25, 0.3) is 115 Å². The average Bonchev–Trinajstić information content (AvgIpc) is 3.96. The zero-order valence-electron chi connectivity index (χ0n) is 30.6. The van der Waals surface area contributed by atoms with Crippen LogP contribution in [0, 0.1) is 0 Å². The van der Waals surface area contributed by atoms with Crippen molar-refractivity contribution < 1.29 is 4.42 Å². The third-order valence-corrected chi connectivity index (χ3v) is 12.4. The van der Waals surface area contributed by atoms with Crippen LogP contribution in [0.5, 0.6) is 0 Å². The molecule has 0 aliphatic heterocycles. The van der Waals surface area contributed by atoms with Crippen molar-refractivity contribution in [3.63, 3.8) is 0 Å². The van der Waals surface area contributed by atoms with Gasteiger partial charge < -0.3 is 8.98 Å². The first-order chi connectivity index (χ1) is 28.2. The highest BCUT2D eigenvalue weighted by Crippen LogP contribution is 2.45. The molecule has 0 fully saturated rings. The van der Waals surface area contributed by atoms with Crippen molar-refractivity contribution in [2.24, 2.45) is 0 Å². The van der Waals surface area contributed by atoms with Gasteiger partial charge in [0.1, 0.15) is 11.2 Å². The number of nitrogens with zero attached hydrogens (tertiary/aromatic N) is 3. The minimum absolute atomic E-state index is 0.693. The predicted molar refractivity (Wildman–Crippen MR) is 238 cm³/mol. The zero-order chi connectivity index (χ0) is 37.5. The maximum absolute atomic E-state index is 6.64. The first-order valence-corrected chi connectivity index (χ1v) is 20.0. The van der Waals surface area contributed by atoms with Crippen molar-refractivity contribution in [1.29, 1.82) is 0 Å². The van der Waals surface area contributed by atoms with Gasteiger partial charge in [-0.05, 0) is 60.2 Å². The minimum atomic E-state index is 0.693. The Bertz CT molecular complexity index is 3470. The molecule has 4 heterocycles. The van der Waals surface area contributed by atoms with Crippen LogP contribution in [-0.2, 0) is 0 Å². The molecule has 0 saturated heterocycles. The van der Waals surface area contributed by atoms with E-state index in [1.54, 1.807) is 0 Å². The van der Waals surface area contributed by atoms with Gasteiger partial charge in [-0.1, -0.05) is 133 Å². The quantitative estimate of drug-likeness (QED) is 0.176. The van der Waals surface area contributed by atoms with Crippen molar-refractivity contribution >= 4 is 75.3 Å². The Balaban J connectivity index is 1.10. The number of furan rings is 1. The summed E-state index contributed by atoms with van der Waals surface area (Å²) in [5.74, 6) is 0.693. The van der Waals surface area contributed by atoms with Crippen molar-refractivity contribution in [1.82, 2.24) is 14.5 Å². The van der Waals surface area contributed by atoms with E-state index in [0.717, 1.165) is 77.7 Å². The van der Waals surface area contributed by atoms with E-state index in [9.17, 15) is 0 Å². The van der Waals surface area contributed by atoms with Gasteiger partial charge in [-0.25, -0.2) is 9.97 Å². The number of aromatic nitrogens is 3. The van der Waals surface area contributed by atoms with Gasteiger partial charge in [0.25, 0.3) is 0 Å². The first-order valence-electron chi connectivity index (χ1n) is 19.1. The molecule has 0 saturated carbocycles. The van der Waals surface area contributed by atoms with Gasteiger partial charge in [0.05, 0.1) is 27.8 Å². The van der Waals surface area contributed by atoms with Crippen LogP contribution in [0.2, 0.25) is 0 Å². The topological polar surface area (TPSA) is 43.9 Å². The van der Waals surface area contributed by atoms with E-state index in [4.69, 9.17) is 14.4 Å². The van der Waals surface area contributed by atoms with Crippen molar-refractivity contribution in [2.45, 2.75) is 0 Å². The van der Waals surface area contributed by atoms with E-state index < -0.39 is 0 Å². The molecule has 0 radical (unpaired) electrons. The molecule has 0 unspecified atom stereocenters. The number of fused-ring (bicyclic) bond motifs is 10. The van der Waals surface area contributed by atoms with Crippen LogP contribution >= 0.6 is 11.3 Å². The van der Waals surface area contributed by atoms with Crippen molar-refractivity contribution in [3.8, 4) is 50.7 Å². The molecule has 5 heteroatoms. The zero-order valence-corrected chi connectivity index (χ0v) is 31.4. The number of hydrogen-bond acceptors (Lipinski definition) is 4. The molecule has 0 aliphatic rings. The molecule has 57 heavy (non-hydrogen) atoms. The fraction of sp³-hybridized carbons (Fsp3) is 0. The summed E-state index contributed by atoms with van der Waals surface area (Å²) < 4.78 is 11.6. The molecule has 12 aromatic rings. The van der Waals surface area contributed by atoms with E-state index in [0.29, 0.717) is 5.82 Å². The number of benzene rings is 8. The largest absolute Gasteiger partial charge is 0.455 e. The molecule has 0 N–H and O–H groups in total. The highest BCUT2D eigenvalue weighted by molar-refractivity contribution is 7.26. The summed E-state index contributed by atoms with van der Waals surface area (Å²) in [6, 6.07) is 66.5. The van der Waals surface area contributed by atoms with Gasteiger partial charge in [-0.3, -0.25) is 0 Å². The van der Waals surface area contributed by atoms with E-state index in [2.05, 4.69) is 174 Å². The van der Waals surface area contributed by atoms with Gasteiger partial charge in [-0.15, -0.1) is 11.3 Å². The average molecular weight is 746 g/mol. The Morgan fingerprint density at radius 1 is 0.439 bits per heavy atom. The normalized spacial score (nSPS) is 11.9. The molecule has 0 aliphatic carbocycles. The smallest absolute Gasteiger partial charge is 0.160 e. The van der Waals surface area contributed by atoms with Crippen LogP contribution in [0.4, 0.5) is 0 Å². The molecule has 0 bridgehead atoms. The van der Waals surface area contributed by atoms with Gasteiger partial charge in [0, 0.05) is 64.3 Å². The maximum Gasteiger partial charge on any atom is 0.160 e. The van der Waals surface area contributed by atoms with Crippen LogP contribution in [-0.4, -0.2) is 14.5 Å². The lowest BCUT2D eigenvalue weighted by molar-refractivity contribution is 0.673. The fourth-order valence-corrected chi connectivity index (χ4v) is 9.80. The first kappa shape index (κ1) is 32.0. The molecular formula is C52H31N3OS. The summed E-state index contributed by atoms with van der Waals surface area (Å²) in [7, 11) is 0. The van der Waals surface area contributed by atoms with Gasteiger partial charge in [0.15, 0.2) is 5.82 Å². The highest BCUT2D eigenvalue weighted by Gasteiger charge is 2.21. The van der Waals surface area contributed by atoms with Crippen LogP contribution in [0.15, 0.2) is 192 Å². The third-order valence-electron chi connectivity index (χ3n) is 11.2. The van der Waals surface area contributed by atoms with Gasteiger partial charge in [0.2, 0.25) is 0 Å². The standard InChI is InChI=1S/C52H31N3OS/c1-3-14-32(15-4-1)43-31-44(33-16-5-2-6-17-33)54-52(53-43)35-19-13-18-34(28-35)41-29-36(30-42-38-21-9-12-25-48(38)57-51(41)42)55-45-23-10-7-22-40(45)49-46(55)27-26-39-37-20-8-11-24-47(37)56-50(39)49/h1-31H. The Morgan fingerprint density at radius 3 is 1.88 bits per heavy atom. The van der Waals surface area contributed by atoms with E-state index in [1.165, 1.54) is 31.1 Å². The molecule has 4 aromatic heterocycles. The van der Waals surface area contributed by atoms with E-state index >= 15 is 0 Å². The minimum Gasteiger partial charge on any atom is -0.455 e. The Morgan fingerprint density at radius 2 is 1.09 bits per heavy atom. The molecule has 0 atom stereocenters. The SMILES string of the molecule is c1ccc(-c2cc(-c3ccccc3)nc(-c3cccc(-c4cc(-n5c6ccccc6c6c7oc8ccccc8c7ccc65)cc5c4sc4ccccc45)c3)n2)cc1. The lowest BCUT2D eigenvalue weighted by Gasteiger charge is -2.13. The molecule has 4 nitrogen and oxygen atoms in total. The van der Waals surface area contributed by atoms with Gasteiger partial charge >= 0.3 is 0 Å². The number of rotatable bonds is 5. The second kappa shape index (κ2) is 12.6. The summed E-state index contributed by atoms with van der Waals surface area (Å²) in [4.78, 5) is 10.4. The van der Waals surface area contributed by atoms with Crippen LogP contribution < -0.4 is 0 Å². The predicted octanol–water partition coefficient (Wildman–Crippen LogP) is 14.5. The van der Waals surface area contributed by atoms with E-state index in [1.807, 2.05) is 29.5 Å².